The normalized spacial score (nSPS) is 22.5. The zero-order valence-corrected chi connectivity index (χ0v) is 7.39. The first-order valence-electron chi connectivity index (χ1n) is 4.97. The molecule has 0 nitrogen and oxygen atoms in total. The van der Waals surface area contributed by atoms with E-state index in [2.05, 4.69) is 18.6 Å². The van der Waals surface area contributed by atoms with Crippen LogP contribution in [0.4, 0.5) is 0 Å². The maximum atomic E-state index is 2.44. The fraction of sp³-hybridized carbons (Fsp3) is 0.727. The van der Waals surface area contributed by atoms with Gasteiger partial charge in [0.15, 0.2) is 0 Å². The molecule has 1 radical (unpaired) electrons. The van der Waals surface area contributed by atoms with Crippen molar-refractivity contribution in [2.24, 2.45) is 0 Å². The molecule has 0 heteroatoms. The summed E-state index contributed by atoms with van der Waals surface area (Å²) in [6, 6.07) is 0. The Labute approximate surface area is 70.7 Å². The second kappa shape index (κ2) is 6.45. The van der Waals surface area contributed by atoms with Crippen LogP contribution in [0, 0.1) is 6.42 Å². The summed E-state index contributed by atoms with van der Waals surface area (Å²) in [4.78, 5) is 0. The maximum absolute atomic E-state index is 2.44. The van der Waals surface area contributed by atoms with Crippen LogP contribution in [0.3, 0.4) is 0 Å². The van der Waals surface area contributed by atoms with E-state index in [4.69, 9.17) is 0 Å². The van der Waals surface area contributed by atoms with Crippen LogP contribution in [-0.4, -0.2) is 0 Å². The summed E-state index contributed by atoms with van der Waals surface area (Å²) in [6.07, 6.45) is 18.0. The van der Waals surface area contributed by atoms with Crippen LogP contribution in [0.15, 0.2) is 12.2 Å². The second-order valence-corrected chi connectivity index (χ2v) is 3.33. The molecular formula is C11H19. The highest BCUT2D eigenvalue weighted by molar-refractivity contribution is 4.84. The van der Waals surface area contributed by atoms with Crippen molar-refractivity contribution in [2.45, 2.75) is 51.4 Å². The first kappa shape index (κ1) is 8.83. The Bertz CT molecular complexity index is 90.6. The van der Waals surface area contributed by atoms with Crippen molar-refractivity contribution in [3.8, 4) is 0 Å². The quantitative estimate of drug-likeness (QED) is 0.461. The molecule has 0 heterocycles. The van der Waals surface area contributed by atoms with E-state index >= 15 is 0 Å². The molecule has 0 saturated carbocycles. The molecule has 0 spiro atoms. The lowest BCUT2D eigenvalue weighted by molar-refractivity contribution is 0.639. The molecule has 0 aromatic heterocycles. The average Bonchev–Trinajstić information content (AvgIpc) is 2.08. The Kier molecular flexibility index (Phi) is 5.18. The molecule has 0 aromatic carbocycles. The monoisotopic (exact) mass is 151 g/mol. The number of hydrogen-bond acceptors (Lipinski definition) is 0. The highest BCUT2D eigenvalue weighted by Gasteiger charge is 1.92. The van der Waals surface area contributed by atoms with E-state index in [9.17, 15) is 0 Å². The highest BCUT2D eigenvalue weighted by atomic mass is 14.0. The van der Waals surface area contributed by atoms with Gasteiger partial charge in [0.05, 0.1) is 0 Å². The molecule has 0 fully saturated rings. The molecule has 0 N–H and O–H groups in total. The van der Waals surface area contributed by atoms with Crippen molar-refractivity contribution in [1.29, 1.82) is 0 Å². The van der Waals surface area contributed by atoms with E-state index in [1.807, 2.05) is 0 Å². The SMILES string of the molecule is [CH]1CCC=CCCCCCC1. The third-order valence-corrected chi connectivity index (χ3v) is 2.23. The summed E-state index contributed by atoms with van der Waals surface area (Å²) in [5, 5.41) is 0. The Hall–Kier alpha value is -0.260. The van der Waals surface area contributed by atoms with E-state index in [-0.39, 0.29) is 0 Å². The minimum absolute atomic E-state index is 1.26. The first-order valence-corrected chi connectivity index (χ1v) is 4.97. The van der Waals surface area contributed by atoms with Crippen LogP contribution in [-0.2, 0) is 0 Å². The minimum Gasteiger partial charge on any atom is -0.0885 e. The Morgan fingerprint density at radius 1 is 0.545 bits per heavy atom. The van der Waals surface area contributed by atoms with Gasteiger partial charge in [0.1, 0.15) is 0 Å². The number of rotatable bonds is 0. The summed E-state index contributed by atoms with van der Waals surface area (Å²) in [7, 11) is 0. The van der Waals surface area contributed by atoms with Crippen LogP contribution in [0.5, 0.6) is 0 Å². The Morgan fingerprint density at radius 3 is 2.18 bits per heavy atom. The third-order valence-electron chi connectivity index (χ3n) is 2.23. The molecule has 1 aliphatic carbocycles. The van der Waals surface area contributed by atoms with E-state index in [1.165, 1.54) is 51.4 Å². The van der Waals surface area contributed by atoms with Gasteiger partial charge >= 0.3 is 0 Å². The van der Waals surface area contributed by atoms with Crippen molar-refractivity contribution in [3.63, 3.8) is 0 Å². The molecule has 0 bridgehead atoms. The topological polar surface area (TPSA) is 0 Å². The van der Waals surface area contributed by atoms with E-state index in [0.29, 0.717) is 0 Å². The summed E-state index contributed by atoms with van der Waals surface area (Å²) in [5.74, 6) is 0. The Balaban J connectivity index is 2.11. The molecule has 0 atom stereocenters. The third kappa shape index (κ3) is 5.06. The summed E-state index contributed by atoms with van der Waals surface area (Å²) >= 11 is 0. The summed E-state index contributed by atoms with van der Waals surface area (Å²) < 4.78 is 0. The van der Waals surface area contributed by atoms with Gasteiger partial charge in [0.25, 0.3) is 0 Å². The largest absolute Gasteiger partial charge is 0.0885 e. The van der Waals surface area contributed by atoms with Gasteiger partial charge in [0, 0.05) is 0 Å². The van der Waals surface area contributed by atoms with Crippen LogP contribution in [0.2, 0.25) is 0 Å². The van der Waals surface area contributed by atoms with Gasteiger partial charge in [-0.15, -0.1) is 0 Å². The molecular weight excluding hydrogens is 132 g/mol. The van der Waals surface area contributed by atoms with Crippen LogP contribution >= 0.6 is 0 Å². The lowest BCUT2D eigenvalue weighted by Gasteiger charge is -1.97. The summed E-state index contributed by atoms with van der Waals surface area (Å²) in [5.41, 5.74) is 0. The standard InChI is InChI=1S/C11H19/c1-2-4-6-8-10-11-9-7-5-3-1/h1-2,7H,3-6,8-11H2. The van der Waals surface area contributed by atoms with Crippen molar-refractivity contribution in [2.75, 3.05) is 0 Å². The smallest absolute Gasteiger partial charge is 0.0348 e. The van der Waals surface area contributed by atoms with E-state index in [0.717, 1.165) is 0 Å². The molecule has 0 amide bonds. The van der Waals surface area contributed by atoms with Crippen LogP contribution in [0.25, 0.3) is 0 Å². The van der Waals surface area contributed by atoms with Gasteiger partial charge in [-0.3, -0.25) is 0 Å². The molecule has 63 valence electrons. The zero-order chi connectivity index (χ0) is 7.78. The molecule has 0 aromatic rings. The predicted octanol–water partition coefficient (Wildman–Crippen LogP) is 3.88. The van der Waals surface area contributed by atoms with Crippen molar-refractivity contribution >= 4 is 0 Å². The lowest BCUT2D eigenvalue weighted by Crippen LogP contribution is -1.79. The molecule has 11 heavy (non-hydrogen) atoms. The van der Waals surface area contributed by atoms with Gasteiger partial charge in [-0.2, -0.15) is 0 Å². The van der Waals surface area contributed by atoms with Gasteiger partial charge < -0.3 is 0 Å². The molecule has 1 aliphatic rings. The average molecular weight is 151 g/mol. The van der Waals surface area contributed by atoms with Gasteiger partial charge in [-0.1, -0.05) is 37.8 Å². The lowest BCUT2D eigenvalue weighted by atomic mass is 10.1. The second-order valence-electron chi connectivity index (χ2n) is 3.33. The first-order chi connectivity index (χ1) is 5.50. The number of hydrogen-bond donors (Lipinski definition) is 0. The van der Waals surface area contributed by atoms with Crippen molar-refractivity contribution in [1.82, 2.24) is 0 Å². The van der Waals surface area contributed by atoms with E-state index in [1.54, 1.807) is 0 Å². The highest BCUT2D eigenvalue weighted by Crippen LogP contribution is 2.11. The Morgan fingerprint density at radius 2 is 1.27 bits per heavy atom. The molecule has 1 rings (SSSR count). The fourth-order valence-corrected chi connectivity index (χ4v) is 1.50. The van der Waals surface area contributed by atoms with Gasteiger partial charge in [-0.25, -0.2) is 0 Å². The molecule has 0 unspecified atom stereocenters. The number of allylic oxidation sites excluding steroid dienone is 2. The molecule has 0 saturated heterocycles. The zero-order valence-electron chi connectivity index (χ0n) is 7.39. The van der Waals surface area contributed by atoms with Gasteiger partial charge in [-0.05, 0) is 32.1 Å². The van der Waals surface area contributed by atoms with Crippen molar-refractivity contribution < 1.29 is 0 Å². The predicted molar refractivity (Wildman–Crippen MR) is 50.4 cm³/mol. The maximum Gasteiger partial charge on any atom is -0.0348 e. The fourth-order valence-electron chi connectivity index (χ4n) is 1.50. The van der Waals surface area contributed by atoms with Crippen LogP contribution in [0.1, 0.15) is 51.4 Å². The van der Waals surface area contributed by atoms with E-state index < -0.39 is 0 Å². The minimum atomic E-state index is 1.26. The van der Waals surface area contributed by atoms with Crippen molar-refractivity contribution in [3.05, 3.63) is 18.6 Å². The summed E-state index contributed by atoms with van der Waals surface area (Å²) in [6.45, 7) is 0. The van der Waals surface area contributed by atoms with Gasteiger partial charge in [0.2, 0.25) is 0 Å². The molecule has 0 aliphatic heterocycles. The van der Waals surface area contributed by atoms with Crippen LogP contribution < -0.4 is 0 Å².